The summed E-state index contributed by atoms with van der Waals surface area (Å²) in [6.07, 6.45) is 3.22. The highest BCUT2D eigenvalue weighted by Gasteiger charge is 2.43. The van der Waals surface area contributed by atoms with Gasteiger partial charge in [0.15, 0.2) is 0 Å². The van der Waals surface area contributed by atoms with Crippen LogP contribution in [0, 0.1) is 25.1 Å². The van der Waals surface area contributed by atoms with Gasteiger partial charge in [0.1, 0.15) is 24.1 Å². The quantitative estimate of drug-likeness (QED) is 0.711. The van der Waals surface area contributed by atoms with Crippen molar-refractivity contribution in [2.24, 2.45) is 5.41 Å². The van der Waals surface area contributed by atoms with E-state index in [4.69, 9.17) is 9.47 Å². The van der Waals surface area contributed by atoms with Gasteiger partial charge in [-0.15, -0.1) is 0 Å². The molecular formula is C25H33FN4O3. The normalized spacial score (nSPS) is 22.7. The molecule has 1 aromatic carbocycles. The third-order valence-electron chi connectivity index (χ3n) is 6.14. The van der Waals surface area contributed by atoms with E-state index in [0.29, 0.717) is 55.4 Å². The molecule has 2 fully saturated rings. The lowest BCUT2D eigenvalue weighted by molar-refractivity contribution is -0.157. The summed E-state index contributed by atoms with van der Waals surface area (Å²) in [5, 5.41) is 3.05. The number of carbonyl (C=O) groups is 1. The Labute approximate surface area is 194 Å². The molecule has 2 aromatic rings. The second-order valence-corrected chi connectivity index (χ2v) is 10.4. The summed E-state index contributed by atoms with van der Waals surface area (Å²) in [6.45, 7) is 11.0. The van der Waals surface area contributed by atoms with Crippen molar-refractivity contribution < 1.29 is 18.7 Å². The summed E-state index contributed by atoms with van der Waals surface area (Å²) in [4.78, 5) is 23.6. The van der Waals surface area contributed by atoms with E-state index in [2.05, 4.69) is 36.1 Å². The van der Waals surface area contributed by atoms with Crippen LogP contribution in [0.15, 0.2) is 24.5 Å². The Hall–Kier alpha value is -2.74. The van der Waals surface area contributed by atoms with Crippen molar-refractivity contribution >= 4 is 17.4 Å². The van der Waals surface area contributed by atoms with Gasteiger partial charge in [0, 0.05) is 19.3 Å². The van der Waals surface area contributed by atoms with Gasteiger partial charge in [0.05, 0.1) is 36.5 Å². The highest BCUT2D eigenvalue weighted by Crippen LogP contribution is 2.34. The lowest BCUT2D eigenvalue weighted by Crippen LogP contribution is -2.61. The van der Waals surface area contributed by atoms with Crippen LogP contribution >= 0.6 is 0 Å². The Balaban J connectivity index is 1.47. The summed E-state index contributed by atoms with van der Waals surface area (Å²) in [7, 11) is 0. The summed E-state index contributed by atoms with van der Waals surface area (Å²) in [5.74, 6) is 0.822. The number of carbonyl (C=O) groups excluding carboxylic acids is 1. The van der Waals surface area contributed by atoms with Crippen LogP contribution in [-0.4, -0.2) is 52.2 Å². The van der Waals surface area contributed by atoms with E-state index >= 15 is 0 Å². The molecule has 2 atom stereocenters. The third-order valence-corrected chi connectivity index (χ3v) is 6.14. The van der Waals surface area contributed by atoms with Gasteiger partial charge in [0.2, 0.25) is 11.8 Å². The monoisotopic (exact) mass is 456 g/mol. The van der Waals surface area contributed by atoms with Crippen LogP contribution < -0.4 is 10.1 Å². The number of amides is 1. The maximum absolute atomic E-state index is 14.3. The van der Waals surface area contributed by atoms with E-state index < -0.39 is 0 Å². The molecule has 2 bridgehead atoms. The standard InChI is InChI=1S/C25H33FN4O3/c1-15-6-7-21(20(26)8-15)29-23-16(2)24(28-14-27-23)33-19-9-17-12-32-13-18(10-19)30(17)22(31)11-25(3,4)5/h6-8,14,17-19H,9-13H2,1-5H3,(H,27,28,29). The topological polar surface area (TPSA) is 76.6 Å². The molecule has 1 N–H and O–H groups in total. The van der Waals surface area contributed by atoms with Gasteiger partial charge in [-0.1, -0.05) is 26.8 Å². The van der Waals surface area contributed by atoms with Crippen molar-refractivity contribution in [1.82, 2.24) is 14.9 Å². The molecule has 0 spiro atoms. The highest BCUT2D eigenvalue weighted by atomic mass is 19.1. The van der Waals surface area contributed by atoms with Crippen LogP contribution in [0.3, 0.4) is 0 Å². The number of anilines is 2. The minimum atomic E-state index is -0.337. The fraction of sp³-hybridized carbons (Fsp3) is 0.560. The molecule has 1 amide bonds. The van der Waals surface area contributed by atoms with E-state index in [1.54, 1.807) is 6.07 Å². The van der Waals surface area contributed by atoms with Crippen molar-refractivity contribution in [3.63, 3.8) is 0 Å². The van der Waals surface area contributed by atoms with Crippen molar-refractivity contribution in [3.8, 4) is 5.88 Å². The molecule has 3 heterocycles. The molecule has 1 aromatic heterocycles. The summed E-state index contributed by atoms with van der Waals surface area (Å²) in [5.41, 5.74) is 1.86. The zero-order valence-electron chi connectivity index (χ0n) is 20.0. The predicted molar refractivity (Wildman–Crippen MR) is 124 cm³/mol. The van der Waals surface area contributed by atoms with E-state index in [9.17, 15) is 9.18 Å². The number of fused-ring (bicyclic) bond motifs is 2. The average molecular weight is 457 g/mol. The molecule has 0 radical (unpaired) electrons. The first kappa shape index (κ1) is 23.4. The SMILES string of the molecule is Cc1ccc(Nc2ncnc(OC3CC4COCC(C3)N4C(=O)CC(C)(C)C)c2C)c(F)c1. The number of aryl methyl sites for hydroxylation is 1. The third kappa shape index (κ3) is 5.43. The number of piperidine rings is 1. The molecule has 33 heavy (non-hydrogen) atoms. The Bertz CT molecular complexity index is 1010. The van der Waals surface area contributed by atoms with Crippen molar-refractivity contribution in [2.45, 2.75) is 72.1 Å². The van der Waals surface area contributed by atoms with Crippen molar-refractivity contribution in [3.05, 3.63) is 41.5 Å². The van der Waals surface area contributed by atoms with Crippen LogP contribution in [0.2, 0.25) is 0 Å². The van der Waals surface area contributed by atoms with E-state index in [1.807, 2.05) is 24.8 Å². The Morgan fingerprint density at radius 1 is 1.21 bits per heavy atom. The fourth-order valence-corrected chi connectivity index (χ4v) is 4.60. The van der Waals surface area contributed by atoms with Crippen molar-refractivity contribution in [2.75, 3.05) is 18.5 Å². The molecule has 0 aliphatic carbocycles. The van der Waals surface area contributed by atoms with Gasteiger partial charge >= 0.3 is 0 Å². The Kier molecular flexibility index (Phi) is 6.56. The second-order valence-electron chi connectivity index (χ2n) is 10.4. The number of hydrogen-bond donors (Lipinski definition) is 1. The predicted octanol–water partition coefficient (Wildman–Crippen LogP) is 4.55. The van der Waals surface area contributed by atoms with Gasteiger partial charge in [-0.25, -0.2) is 14.4 Å². The largest absolute Gasteiger partial charge is 0.474 e. The van der Waals surface area contributed by atoms with Crippen LogP contribution in [-0.2, 0) is 9.53 Å². The zero-order chi connectivity index (χ0) is 23.8. The van der Waals surface area contributed by atoms with E-state index in [1.165, 1.54) is 12.4 Å². The fourth-order valence-electron chi connectivity index (χ4n) is 4.60. The van der Waals surface area contributed by atoms with Gasteiger partial charge in [0.25, 0.3) is 0 Å². The summed E-state index contributed by atoms with van der Waals surface area (Å²) in [6, 6.07) is 5.01. The number of aromatic nitrogens is 2. The number of halogens is 1. The van der Waals surface area contributed by atoms with Crippen LogP contribution in [0.25, 0.3) is 0 Å². The Morgan fingerprint density at radius 2 is 1.91 bits per heavy atom. The average Bonchev–Trinajstić information content (AvgIpc) is 2.71. The number of benzene rings is 1. The molecule has 7 nitrogen and oxygen atoms in total. The smallest absolute Gasteiger partial charge is 0.223 e. The molecule has 2 aliphatic heterocycles. The first-order chi connectivity index (χ1) is 15.6. The first-order valence-electron chi connectivity index (χ1n) is 11.5. The zero-order valence-corrected chi connectivity index (χ0v) is 20.0. The Morgan fingerprint density at radius 3 is 2.55 bits per heavy atom. The molecule has 2 aliphatic rings. The number of ether oxygens (including phenoxy) is 2. The summed E-state index contributed by atoms with van der Waals surface area (Å²) < 4.78 is 26.4. The molecule has 8 heteroatoms. The molecule has 0 saturated carbocycles. The van der Waals surface area contributed by atoms with Crippen LogP contribution in [0.5, 0.6) is 5.88 Å². The summed E-state index contributed by atoms with van der Waals surface area (Å²) >= 11 is 0. The number of nitrogens with one attached hydrogen (secondary N) is 1. The van der Waals surface area contributed by atoms with Crippen LogP contribution in [0.4, 0.5) is 15.9 Å². The lowest BCUT2D eigenvalue weighted by Gasteiger charge is -2.48. The maximum atomic E-state index is 14.3. The molecule has 178 valence electrons. The van der Waals surface area contributed by atoms with E-state index in [0.717, 1.165) is 5.56 Å². The number of nitrogens with zero attached hydrogens (tertiary/aromatic N) is 3. The molecule has 2 unspecified atom stereocenters. The maximum Gasteiger partial charge on any atom is 0.223 e. The second kappa shape index (κ2) is 9.25. The molecule has 4 rings (SSSR count). The van der Waals surface area contributed by atoms with Crippen molar-refractivity contribution in [1.29, 1.82) is 0 Å². The molecular weight excluding hydrogens is 423 g/mol. The first-order valence-corrected chi connectivity index (χ1v) is 11.5. The lowest BCUT2D eigenvalue weighted by atomic mass is 9.87. The minimum Gasteiger partial charge on any atom is -0.474 e. The molecule has 2 saturated heterocycles. The number of hydrogen-bond acceptors (Lipinski definition) is 6. The van der Waals surface area contributed by atoms with Gasteiger partial charge in [-0.2, -0.15) is 0 Å². The highest BCUT2D eigenvalue weighted by molar-refractivity contribution is 5.78. The number of morpholine rings is 1. The van der Waals surface area contributed by atoms with Crippen LogP contribution in [0.1, 0.15) is 51.2 Å². The van der Waals surface area contributed by atoms with Gasteiger partial charge in [-0.3, -0.25) is 4.79 Å². The number of rotatable bonds is 5. The van der Waals surface area contributed by atoms with Gasteiger partial charge in [-0.05, 0) is 37.0 Å². The minimum absolute atomic E-state index is 0.00116. The van der Waals surface area contributed by atoms with Gasteiger partial charge < -0.3 is 19.7 Å². The van der Waals surface area contributed by atoms with E-state index in [-0.39, 0.29) is 35.3 Å².